The standard InChI is InChI=1S/C21H36N2O5Si/c1-8-9-27-20(26)23-12-15(13-23)10-16(24)11-17-18(19(25)22-17)14(2)28-29(6,7)21(3,4)5/h8,14-15,17-18H,1,9-13H2,2-7H3,(H,22,25)/t14-,17-,18-/m1/s1. The third-order valence-corrected chi connectivity index (χ3v) is 10.9. The normalized spacial score (nSPS) is 23.5. The molecule has 2 aliphatic rings. The summed E-state index contributed by atoms with van der Waals surface area (Å²) in [5.41, 5.74) is 0. The molecule has 0 aliphatic carbocycles. The molecule has 2 saturated heterocycles. The molecular weight excluding hydrogens is 388 g/mol. The molecular formula is C21H36N2O5Si. The van der Waals surface area contributed by atoms with Gasteiger partial charge in [0.05, 0.1) is 12.0 Å². The van der Waals surface area contributed by atoms with E-state index in [4.69, 9.17) is 9.16 Å². The minimum atomic E-state index is -1.98. The zero-order valence-corrected chi connectivity index (χ0v) is 19.6. The third kappa shape index (κ3) is 5.69. The molecule has 0 radical (unpaired) electrons. The van der Waals surface area contributed by atoms with Gasteiger partial charge in [-0.3, -0.25) is 9.59 Å². The Kier molecular flexibility index (Phi) is 7.32. The highest BCUT2D eigenvalue weighted by Gasteiger charge is 2.48. The number of rotatable bonds is 9. The van der Waals surface area contributed by atoms with E-state index < -0.39 is 8.32 Å². The smallest absolute Gasteiger partial charge is 0.410 e. The van der Waals surface area contributed by atoms with Crippen molar-refractivity contribution >= 4 is 26.1 Å². The van der Waals surface area contributed by atoms with E-state index in [-0.39, 0.29) is 53.4 Å². The van der Waals surface area contributed by atoms with Crippen LogP contribution in [0.3, 0.4) is 0 Å². The summed E-state index contributed by atoms with van der Waals surface area (Å²) in [6.45, 7) is 17.6. The van der Waals surface area contributed by atoms with Gasteiger partial charge in [-0.15, -0.1) is 0 Å². The van der Waals surface area contributed by atoms with Gasteiger partial charge in [-0.25, -0.2) is 4.79 Å². The van der Waals surface area contributed by atoms with Crippen molar-refractivity contribution in [1.82, 2.24) is 10.2 Å². The van der Waals surface area contributed by atoms with E-state index in [1.165, 1.54) is 6.08 Å². The van der Waals surface area contributed by atoms with E-state index in [1.807, 2.05) is 6.92 Å². The maximum Gasteiger partial charge on any atom is 0.410 e. The van der Waals surface area contributed by atoms with Gasteiger partial charge in [-0.2, -0.15) is 0 Å². The first-order chi connectivity index (χ1) is 13.4. The molecule has 2 heterocycles. The number of hydrogen-bond acceptors (Lipinski definition) is 5. The van der Waals surface area contributed by atoms with Crippen LogP contribution in [0, 0.1) is 11.8 Å². The molecule has 0 spiro atoms. The predicted molar refractivity (Wildman–Crippen MR) is 114 cm³/mol. The van der Waals surface area contributed by atoms with Crippen molar-refractivity contribution in [2.24, 2.45) is 11.8 Å². The first kappa shape index (κ1) is 23.6. The number of nitrogens with zero attached hydrogens (tertiary/aromatic N) is 1. The van der Waals surface area contributed by atoms with Crippen molar-refractivity contribution in [3.63, 3.8) is 0 Å². The van der Waals surface area contributed by atoms with E-state index in [1.54, 1.807) is 4.90 Å². The Morgan fingerprint density at radius 1 is 1.31 bits per heavy atom. The molecule has 2 rings (SSSR count). The van der Waals surface area contributed by atoms with E-state index in [0.717, 1.165) is 0 Å². The Balaban J connectivity index is 1.78. The molecule has 0 aromatic heterocycles. The van der Waals surface area contributed by atoms with Gasteiger partial charge in [-0.1, -0.05) is 33.4 Å². The van der Waals surface area contributed by atoms with Gasteiger partial charge in [0.25, 0.3) is 0 Å². The van der Waals surface area contributed by atoms with Gasteiger partial charge in [0.1, 0.15) is 12.4 Å². The number of β-lactam (4-membered cyclic amide) rings is 1. The van der Waals surface area contributed by atoms with Gasteiger partial charge < -0.3 is 19.4 Å². The summed E-state index contributed by atoms with van der Waals surface area (Å²) in [7, 11) is -1.98. The number of Topliss-reactive ketones (excluding diaryl/α,β-unsaturated/α-hetero) is 1. The van der Waals surface area contributed by atoms with E-state index >= 15 is 0 Å². The molecule has 2 amide bonds. The van der Waals surface area contributed by atoms with Crippen LogP contribution in [-0.2, 0) is 18.8 Å². The summed E-state index contributed by atoms with van der Waals surface area (Å²) in [6, 6.07) is -0.163. The number of ketones is 1. The number of ether oxygens (including phenoxy) is 1. The highest BCUT2D eigenvalue weighted by Crippen LogP contribution is 2.39. The molecule has 0 aromatic carbocycles. The van der Waals surface area contributed by atoms with Gasteiger partial charge in [0.2, 0.25) is 5.91 Å². The van der Waals surface area contributed by atoms with Crippen LogP contribution in [0.15, 0.2) is 12.7 Å². The van der Waals surface area contributed by atoms with Gasteiger partial charge in [0, 0.05) is 37.9 Å². The second kappa shape index (κ2) is 9.00. The Morgan fingerprint density at radius 3 is 2.45 bits per heavy atom. The summed E-state index contributed by atoms with van der Waals surface area (Å²) in [5.74, 6) is -0.0359. The maximum atomic E-state index is 12.5. The molecule has 0 bridgehead atoms. The summed E-state index contributed by atoms with van der Waals surface area (Å²) >= 11 is 0. The molecule has 164 valence electrons. The fraction of sp³-hybridized carbons (Fsp3) is 0.762. The van der Waals surface area contributed by atoms with Crippen molar-refractivity contribution in [2.45, 2.75) is 70.8 Å². The van der Waals surface area contributed by atoms with Crippen LogP contribution >= 0.6 is 0 Å². The largest absolute Gasteiger partial charge is 0.445 e. The highest BCUT2D eigenvalue weighted by molar-refractivity contribution is 6.74. The number of hydrogen-bond donors (Lipinski definition) is 1. The van der Waals surface area contributed by atoms with Crippen molar-refractivity contribution in [1.29, 1.82) is 0 Å². The average molecular weight is 425 g/mol. The lowest BCUT2D eigenvalue weighted by Crippen LogP contribution is -2.64. The molecule has 2 aliphatic heterocycles. The van der Waals surface area contributed by atoms with Crippen LogP contribution < -0.4 is 5.32 Å². The first-order valence-corrected chi connectivity index (χ1v) is 13.3. The summed E-state index contributed by atoms with van der Waals surface area (Å²) in [4.78, 5) is 37.9. The minimum Gasteiger partial charge on any atom is -0.445 e. The third-order valence-electron chi connectivity index (χ3n) is 6.36. The number of likely N-dealkylation sites (tertiary alicyclic amines) is 1. The second-order valence-corrected chi connectivity index (χ2v) is 14.6. The second-order valence-electron chi connectivity index (χ2n) is 9.81. The van der Waals surface area contributed by atoms with Crippen LogP contribution in [-0.4, -0.2) is 62.8 Å². The molecule has 7 nitrogen and oxygen atoms in total. The molecule has 1 N–H and O–H groups in total. The van der Waals surface area contributed by atoms with E-state index in [0.29, 0.717) is 25.9 Å². The highest BCUT2D eigenvalue weighted by atomic mass is 28.4. The van der Waals surface area contributed by atoms with Gasteiger partial charge in [0.15, 0.2) is 8.32 Å². The van der Waals surface area contributed by atoms with Crippen molar-refractivity contribution < 1.29 is 23.5 Å². The van der Waals surface area contributed by atoms with Crippen LogP contribution in [0.4, 0.5) is 4.79 Å². The molecule has 29 heavy (non-hydrogen) atoms. The Bertz CT molecular complexity index is 652. The van der Waals surface area contributed by atoms with Crippen molar-refractivity contribution in [3.8, 4) is 0 Å². The molecule has 0 aromatic rings. The SMILES string of the molecule is C=CCOC(=O)N1CC(CC(=O)C[C@H]2NC(=O)[C@@H]2[C@@H](C)O[Si](C)(C)C(C)(C)C)C1. The summed E-state index contributed by atoms with van der Waals surface area (Å²) in [5, 5.41) is 2.94. The Labute approximate surface area is 175 Å². The zero-order chi connectivity index (χ0) is 22.0. The maximum absolute atomic E-state index is 12.5. The van der Waals surface area contributed by atoms with E-state index in [9.17, 15) is 14.4 Å². The van der Waals surface area contributed by atoms with Crippen LogP contribution in [0.1, 0.15) is 40.5 Å². The topological polar surface area (TPSA) is 84.9 Å². The van der Waals surface area contributed by atoms with Crippen molar-refractivity contribution in [2.75, 3.05) is 19.7 Å². The lowest BCUT2D eigenvalue weighted by atomic mass is 9.81. The molecule has 3 atom stereocenters. The van der Waals surface area contributed by atoms with Crippen LogP contribution in [0.5, 0.6) is 0 Å². The molecule has 8 heteroatoms. The van der Waals surface area contributed by atoms with Crippen LogP contribution in [0.25, 0.3) is 0 Å². The van der Waals surface area contributed by atoms with Crippen LogP contribution in [0.2, 0.25) is 18.1 Å². The van der Waals surface area contributed by atoms with E-state index in [2.05, 4.69) is 45.8 Å². The molecule has 0 unspecified atom stereocenters. The zero-order valence-electron chi connectivity index (χ0n) is 18.6. The Morgan fingerprint density at radius 2 is 1.93 bits per heavy atom. The lowest BCUT2D eigenvalue weighted by molar-refractivity contribution is -0.141. The monoisotopic (exact) mass is 424 g/mol. The Hall–Kier alpha value is -1.67. The van der Waals surface area contributed by atoms with Crippen molar-refractivity contribution in [3.05, 3.63) is 12.7 Å². The molecule has 2 fully saturated rings. The first-order valence-electron chi connectivity index (χ1n) is 10.4. The minimum absolute atomic E-state index is 0.0335. The quantitative estimate of drug-likeness (QED) is 0.349. The fourth-order valence-corrected chi connectivity index (χ4v) is 5.04. The summed E-state index contributed by atoms with van der Waals surface area (Å²) < 4.78 is 11.4. The number of carbonyl (C=O) groups is 3. The fourth-order valence-electron chi connectivity index (χ4n) is 3.61. The average Bonchev–Trinajstić information content (AvgIpc) is 2.53. The van der Waals surface area contributed by atoms with Gasteiger partial charge >= 0.3 is 6.09 Å². The molecule has 0 saturated carbocycles. The number of nitrogens with one attached hydrogen (secondary N) is 1. The van der Waals surface area contributed by atoms with Gasteiger partial charge in [-0.05, 0) is 25.1 Å². The predicted octanol–water partition coefficient (Wildman–Crippen LogP) is 3.12. The number of carbonyl (C=O) groups excluding carboxylic acids is 3. The lowest BCUT2D eigenvalue weighted by Gasteiger charge is -2.45. The number of amides is 2. The summed E-state index contributed by atoms with van der Waals surface area (Å²) in [6.07, 6.45) is 1.69.